The van der Waals surface area contributed by atoms with Gasteiger partial charge in [0.05, 0.1) is 25.4 Å². The summed E-state index contributed by atoms with van der Waals surface area (Å²) < 4.78 is 11.6. The van der Waals surface area contributed by atoms with Crippen molar-refractivity contribution >= 4 is 18.3 Å². The number of nitrogens with zero attached hydrogens (tertiary/aromatic N) is 1. The predicted molar refractivity (Wildman–Crippen MR) is 95.3 cm³/mol. The van der Waals surface area contributed by atoms with E-state index in [1.807, 2.05) is 30.0 Å². The lowest BCUT2D eigenvalue weighted by Gasteiger charge is -2.37. The molecule has 2 aliphatic heterocycles. The van der Waals surface area contributed by atoms with Crippen LogP contribution in [0, 0.1) is 0 Å². The highest BCUT2D eigenvalue weighted by atomic mass is 35.5. The zero-order chi connectivity index (χ0) is 16.1. The first kappa shape index (κ1) is 19.2. The van der Waals surface area contributed by atoms with Crippen molar-refractivity contribution in [2.75, 3.05) is 26.2 Å². The number of likely N-dealkylation sites (tertiary alicyclic amines) is 1. The quantitative estimate of drug-likeness (QED) is 0.898. The fourth-order valence-corrected chi connectivity index (χ4v) is 3.24. The zero-order valence-electron chi connectivity index (χ0n) is 14.1. The van der Waals surface area contributed by atoms with Crippen molar-refractivity contribution < 1.29 is 14.3 Å². The van der Waals surface area contributed by atoms with Crippen LogP contribution in [0.4, 0.5) is 0 Å². The molecule has 5 nitrogen and oxygen atoms in total. The standard InChI is InChI=1S/C18H26N2O3.ClH/c1-14-17(19-9-12-22-14)18(21)20-10-7-16(8-11-20)23-13-15-5-3-2-4-6-15;/h2-6,14,16-17,19H,7-13H2,1H3;1H/t14-,17+;/m1./s1. The summed E-state index contributed by atoms with van der Waals surface area (Å²) in [6.07, 6.45) is 2.00. The van der Waals surface area contributed by atoms with Crippen LogP contribution in [0.15, 0.2) is 30.3 Å². The lowest BCUT2D eigenvalue weighted by atomic mass is 10.0. The predicted octanol–water partition coefficient (Wildman–Crippen LogP) is 1.99. The van der Waals surface area contributed by atoms with E-state index >= 15 is 0 Å². The van der Waals surface area contributed by atoms with Crippen molar-refractivity contribution in [3.63, 3.8) is 0 Å². The van der Waals surface area contributed by atoms with Gasteiger partial charge in [0, 0.05) is 19.6 Å². The Bertz CT molecular complexity index is 506. The molecule has 2 saturated heterocycles. The third-order valence-corrected chi connectivity index (χ3v) is 4.66. The van der Waals surface area contributed by atoms with Crippen molar-refractivity contribution in [3.05, 3.63) is 35.9 Å². The van der Waals surface area contributed by atoms with Gasteiger partial charge in [-0.05, 0) is 25.3 Å². The molecule has 134 valence electrons. The summed E-state index contributed by atoms with van der Waals surface area (Å²) in [6.45, 7) is 5.57. The molecule has 6 heteroatoms. The van der Waals surface area contributed by atoms with Gasteiger partial charge in [-0.2, -0.15) is 0 Å². The van der Waals surface area contributed by atoms with Crippen molar-refractivity contribution in [2.24, 2.45) is 0 Å². The Labute approximate surface area is 150 Å². The summed E-state index contributed by atoms with van der Waals surface area (Å²) in [4.78, 5) is 14.5. The molecule has 0 spiro atoms. The molecule has 0 aliphatic carbocycles. The van der Waals surface area contributed by atoms with E-state index in [4.69, 9.17) is 9.47 Å². The van der Waals surface area contributed by atoms with Gasteiger partial charge in [0.25, 0.3) is 0 Å². The van der Waals surface area contributed by atoms with Crippen LogP contribution in [0.3, 0.4) is 0 Å². The summed E-state index contributed by atoms with van der Waals surface area (Å²) in [7, 11) is 0. The van der Waals surface area contributed by atoms with Crippen molar-refractivity contribution in [1.82, 2.24) is 10.2 Å². The van der Waals surface area contributed by atoms with Crippen molar-refractivity contribution in [3.8, 4) is 0 Å². The number of amides is 1. The summed E-state index contributed by atoms with van der Waals surface area (Å²) in [5, 5.41) is 3.28. The fraction of sp³-hybridized carbons (Fsp3) is 0.611. The molecule has 0 bridgehead atoms. The normalized spacial score (nSPS) is 25.1. The molecule has 1 aromatic rings. The molecule has 0 saturated carbocycles. The summed E-state index contributed by atoms with van der Waals surface area (Å²) >= 11 is 0. The Balaban J connectivity index is 0.00000208. The van der Waals surface area contributed by atoms with Gasteiger partial charge in [-0.15, -0.1) is 12.4 Å². The molecular formula is C18H27ClN2O3. The minimum atomic E-state index is -0.203. The molecule has 24 heavy (non-hydrogen) atoms. The molecule has 1 amide bonds. The van der Waals surface area contributed by atoms with Gasteiger partial charge in [-0.25, -0.2) is 0 Å². The third-order valence-electron chi connectivity index (χ3n) is 4.66. The maximum atomic E-state index is 12.6. The molecule has 2 heterocycles. The van der Waals surface area contributed by atoms with E-state index in [9.17, 15) is 4.79 Å². The van der Waals surface area contributed by atoms with E-state index < -0.39 is 0 Å². The number of nitrogens with one attached hydrogen (secondary N) is 1. The molecule has 0 aromatic heterocycles. The molecule has 0 radical (unpaired) electrons. The number of benzene rings is 1. The molecule has 1 N–H and O–H groups in total. The first-order valence-electron chi connectivity index (χ1n) is 8.53. The SMILES string of the molecule is C[C@H]1OCCN[C@@H]1C(=O)N1CCC(OCc2ccccc2)CC1.Cl. The minimum Gasteiger partial charge on any atom is -0.375 e. The molecule has 2 atom stereocenters. The lowest BCUT2D eigenvalue weighted by molar-refractivity contribution is -0.142. The number of ether oxygens (including phenoxy) is 2. The molecule has 0 unspecified atom stereocenters. The van der Waals surface area contributed by atoms with Gasteiger partial charge in [0.1, 0.15) is 6.04 Å². The third kappa shape index (κ3) is 4.93. The van der Waals surface area contributed by atoms with Gasteiger partial charge in [0.2, 0.25) is 5.91 Å². The summed E-state index contributed by atoms with van der Waals surface area (Å²) in [5.74, 6) is 0.165. The number of rotatable bonds is 4. The largest absolute Gasteiger partial charge is 0.375 e. The van der Waals surface area contributed by atoms with Crippen LogP contribution >= 0.6 is 12.4 Å². The topological polar surface area (TPSA) is 50.8 Å². The smallest absolute Gasteiger partial charge is 0.242 e. The Morgan fingerprint density at radius 3 is 2.67 bits per heavy atom. The van der Waals surface area contributed by atoms with E-state index in [1.165, 1.54) is 5.56 Å². The van der Waals surface area contributed by atoms with E-state index in [1.54, 1.807) is 0 Å². The van der Waals surface area contributed by atoms with Crippen LogP contribution in [0.2, 0.25) is 0 Å². The highest BCUT2D eigenvalue weighted by Gasteiger charge is 2.33. The highest BCUT2D eigenvalue weighted by molar-refractivity contribution is 5.85. The Morgan fingerprint density at radius 2 is 2.00 bits per heavy atom. The van der Waals surface area contributed by atoms with Gasteiger partial charge < -0.3 is 19.7 Å². The first-order chi connectivity index (χ1) is 11.2. The Morgan fingerprint density at radius 1 is 1.29 bits per heavy atom. The van der Waals surface area contributed by atoms with Crippen molar-refractivity contribution in [1.29, 1.82) is 0 Å². The highest BCUT2D eigenvalue weighted by Crippen LogP contribution is 2.18. The maximum absolute atomic E-state index is 12.6. The average Bonchev–Trinajstić information content (AvgIpc) is 2.61. The van der Waals surface area contributed by atoms with E-state index in [2.05, 4.69) is 17.4 Å². The first-order valence-corrected chi connectivity index (χ1v) is 8.53. The van der Waals surface area contributed by atoms with Gasteiger partial charge in [-0.3, -0.25) is 4.79 Å². The van der Waals surface area contributed by atoms with E-state index in [-0.39, 0.29) is 36.6 Å². The second kappa shape index (κ2) is 9.37. The van der Waals surface area contributed by atoms with Crippen LogP contribution in [-0.2, 0) is 20.9 Å². The minimum absolute atomic E-state index is 0. The zero-order valence-corrected chi connectivity index (χ0v) is 15.0. The summed E-state index contributed by atoms with van der Waals surface area (Å²) in [5.41, 5.74) is 1.20. The molecule has 3 rings (SSSR count). The lowest BCUT2D eigenvalue weighted by Crippen LogP contribution is -2.57. The van der Waals surface area contributed by atoms with E-state index in [0.29, 0.717) is 13.2 Å². The van der Waals surface area contributed by atoms with Gasteiger partial charge in [-0.1, -0.05) is 30.3 Å². The molecule has 2 aliphatic rings. The number of halogens is 1. The monoisotopic (exact) mass is 354 g/mol. The van der Waals surface area contributed by atoms with Crippen LogP contribution in [-0.4, -0.2) is 55.3 Å². The fourth-order valence-electron chi connectivity index (χ4n) is 3.24. The maximum Gasteiger partial charge on any atom is 0.242 e. The van der Waals surface area contributed by atoms with Crippen LogP contribution in [0.25, 0.3) is 0 Å². The van der Waals surface area contributed by atoms with Crippen molar-refractivity contribution in [2.45, 2.75) is 44.6 Å². The second-order valence-corrected chi connectivity index (χ2v) is 6.33. The van der Waals surface area contributed by atoms with Gasteiger partial charge >= 0.3 is 0 Å². The van der Waals surface area contributed by atoms with Crippen LogP contribution in [0.5, 0.6) is 0 Å². The number of hydrogen-bond donors (Lipinski definition) is 1. The number of hydrogen-bond acceptors (Lipinski definition) is 4. The van der Waals surface area contributed by atoms with E-state index in [0.717, 1.165) is 32.5 Å². The Hall–Kier alpha value is -1.14. The van der Waals surface area contributed by atoms with Crippen LogP contribution in [0.1, 0.15) is 25.3 Å². The molecular weight excluding hydrogens is 328 g/mol. The molecule has 2 fully saturated rings. The van der Waals surface area contributed by atoms with Gasteiger partial charge in [0.15, 0.2) is 0 Å². The van der Waals surface area contributed by atoms with Crippen LogP contribution < -0.4 is 5.32 Å². The Kier molecular flexibility index (Phi) is 7.49. The number of carbonyl (C=O) groups excluding carboxylic acids is 1. The average molecular weight is 355 g/mol. The number of morpholine rings is 1. The number of carbonyl (C=O) groups is 1. The molecule has 1 aromatic carbocycles. The summed E-state index contributed by atoms with van der Waals surface area (Å²) in [6, 6.07) is 10.0. The number of piperidine rings is 1. The second-order valence-electron chi connectivity index (χ2n) is 6.33.